The fourth-order valence-corrected chi connectivity index (χ4v) is 3.21. The molecule has 26 heavy (non-hydrogen) atoms. The zero-order chi connectivity index (χ0) is 17.9. The summed E-state index contributed by atoms with van der Waals surface area (Å²) in [6.45, 7) is 2.66. The largest absolute Gasteiger partial charge is 0.324 e. The van der Waals surface area contributed by atoms with Gasteiger partial charge in [-0.3, -0.25) is 4.90 Å². The summed E-state index contributed by atoms with van der Waals surface area (Å²) < 4.78 is 13.0. The fourth-order valence-electron chi connectivity index (χ4n) is 3.08. The first-order valence-corrected chi connectivity index (χ1v) is 8.88. The van der Waals surface area contributed by atoms with Gasteiger partial charge in [0.1, 0.15) is 5.82 Å². The van der Waals surface area contributed by atoms with E-state index >= 15 is 0 Å². The highest BCUT2D eigenvalue weighted by atomic mass is 35.5. The second-order valence-corrected chi connectivity index (χ2v) is 6.82. The van der Waals surface area contributed by atoms with E-state index in [1.165, 1.54) is 17.7 Å². The van der Waals surface area contributed by atoms with Crippen LogP contribution in [0.3, 0.4) is 0 Å². The van der Waals surface area contributed by atoms with E-state index in [-0.39, 0.29) is 5.82 Å². The molecule has 3 aromatic rings. The molecule has 1 aliphatic rings. The van der Waals surface area contributed by atoms with E-state index in [1.54, 1.807) is 12.1 Å². The topological polar surface area (TPSA) is 41.1 Å². The van der Waals surface area contributed by atoms with E-state index in [4.69, 9.17) is 11.6 Å². The maximum atomic E-state index is 13.0. The Balaban J connectivity index is 1.43. The van der Waals surface area contributed by atoms with Crippen molar-refractivity contribution in [2.24, 2.45) is 0 Å². The maximum Gasteiger partial charge on any atom is 0.227 e. The van der Waals surface area contributed by atoms with Gasteiger partial charge in [0.15, 0.2) is 0 Å². The number of halogens is 2. The Labute approximate surface area is 156 Å². The third-order valence-corrected chi connectivity index (χ3v) is 4.68. The summed E-state index contributed by atoms with van der Waals surface area (Å²) in [5.74, 6) is 0.282. The lowest BCUT2D eigenvalue weighted by Gasteiger charge is -2.28. The summed E-state index contributed by atoms with van der Waals surface area (Å²) in [5.41, 5.74) is 4.23. The number of anilines is 2. The van der Waals surface area contributed by atoms with Gasteiger partial charge < -0.3 is 5.32 Å². The van der Waals surface area contributed by atoms with Gasteiger partial charge in [0.05, 0.1) is 5.69 Å². The van der Waals surface area contributed by atoms with Gasteiger partial charge in [-0.2, -0.15) is 0 Å². The predicted octanol–water partition coefficient (Wildman–Crippen LogP) is 4.57. The molecule has 0 unspecified atom stereocenters. The average molecular weight is 369 g/mol. The molecule has 0 radical (unpaired) electrons. The molecule has 4 rings (SSSR count). The number of nitrogens with zero attached hydrogens (tertiary/aromatic N) is 3. The van der Waals surface area contributed by atoms with E-state index < -0.39 is 0 Å². The van der Waals surface area contributed by atoms with Gasteiger partial charge in [0.2, 0.25) is 5.95 Å². The number of nitrogens with one attached hydrogen (secondary N) is 1. The van der Waals surface area contributed by atoms with Crippen molar-refractivity contribution in [3.8, 4) is 0 Å². The third kappa shape index (κ3) is 4.00. The first-order valence-electron chi connectivity index (χ1n) is 8.50. The van der Waals surface area contributed by atoms with E-state index in [0.717, 1.165) is 48.0 Å². The van der Waals surface area contributed by atoms with Gasteiger partial charge in [-0.25, -0.2) is 14.4 Å². The van der Waals surface area contributed by atoms with E-state index in [9.17, 15) is 4.39 Å². The van der Waals surface area contributed by atoms with Crippen molar-refractivity contribution in [2.75, 3.05) is 11.9 Å². The molecular formula is C20H18ClFN4. The molecule has 0 spiro atoms. The van der Waals surface area contributed by atoms with Gasteiger partial charge in [0.25, 0.3) is 0 Å². The van der Waals surface area contributed by atoms with E-state index in [2.05, 4.69) is 32.3 Å². The molecule has 6 heteroatoms. The number of hydrogen-bond acceptors (Lipinski definition) is 4. The van der Waals surface area contributed by atoms with Crippen LogP contribution in [0.15, 0.2) is 54.7 Å². The van der Waals surface area contributed by atoms with Crippen molar-refractivity contribution in [1.29, 1.82) is 0 Å². The van der Waals surface area contributed by atoms with Crippen LogP contribution in [0, 0.1) is 5.82 Å². The lowest BCUT2D eigenvalue weighted by Crippen LogP contribution is -2.31. The van der Waals surface area contributed by atoms with Crippen LogP contribution < -0.4 is 5.32 Å². The first kappa shape index (κ1) is 16.9. The van der Waals surface area contributed by atoms with Crippen molar-refractivity contribution in [3.63, 3.8) is 0 Å². The van der Waals surface area contributed by atoms with Crippen LogP contribution in [0.1, 0.15) is 16.8 Å². The van der Waals surface area contributed by atoms with Crippen LogP contribution >= 0.6 is 11.6 Å². The monoisotopic (exact) mass is 368 g/mol. The van der Waals surface area contributed by atoms with Crippen LogP contribution in [0.25, 0.3) is 0 Å². The summed E-state index contributed by atoms with van der Waals surface area (Å²) in [4.78, 5) is 11.4. The number of benzene rings is 2. The molecule has 1 aliphatic heterocycles. The average Bonchev–Trinajstić information content (AvgIpc) is 2.66. The molecule has 2 heterocycles. The van der Waals surface area contributed by atoms with Crippen LogP contribution in [0.4, 0.5) is 16.0 Å². The molecule has 1 N–H and O–H groups in total. The maximum absolute atomic E-state index is 13.0. The van der Waals surface area contributed by atoms with Gasteiger partial charge in [-0.05, 0) is 42.0 Å². The van der Waals surface area contributed by atoms with Crippen molar-refractivity contribution < 1.29 is 4.39 Å². The number of rotatable bonds is 4. The molecule has 132 valence electrons. The molecule has 2 aromatic carbocycles. The molecule has 0 atom stereocenters. The van der Waals surface area contributed by atoms with Crippen LogP contribution in [-0.4, -0.2) is 21.4 Å². The lowest BCUT2D eigenvalue weighted by molar-refractivity contribution is 0.243. The summed E-state index contributed by atoms with van der Waals surface area (Å²) in [6, 6.07) is 14.1. The first-order chi connectivity index (χ1) is 12.7. The van der Waals surface area contributed by atoms with Gasteiger partial charge in [-0.15, -0.1) is 0 Å². The van der Waals surface area contributed by atoms with Crippen LogP contribution in [-0.2, 0) is 19.5 Å². The Hall–Kier alpha value is -2.50. The molecule has 0 saturated carbocycles. The molecular weight excluding hydrogens is 351 g/mol. The number of hydrogen-bond donors (Lipinski definition) is 1. The molecule has 0 aliphatic carbocycles. The van der Waals surface area contributed by atoms with Gasteiger partial charge >= 0.3 is 0 Å². The Morgan fingerprint density at radius 2 is 1.85 bits per heavy atom. The van der Waals surface area contributed by atoms with Crippen LogP contribution in [0.2, 0.25) is 5.02 Å². The molecule has 0 bridgehead atoms. The minimum Gasteiger partial charge on any atom is -0.324 e. The predicted molar refractivity (Wildman–Crippen MR) is 101 cm³/mol. The quantitative estimate of drug-likeness (QED) is 0.732. The van der Waals surface area contributed by atoms with E-state index in [1.807, 2.05) is 18.3 Å². The Kier molecular flexibility index (Phi) is 4.82. The number of aromatic nitrogens is 2. The highest BCUT2D eigenvalue weighted by molar-refractivity contribution is 6.30. The second-order valence-electron chi connectivity index (χ2n) is 6.38. The van der Waals surface area contributed by atoms with Crippen LogP contribution in [0.5, 0.6) is 0 Å². The molecule has 1 aromatic heterocycles. The Morgan fingerprint density at radius 3 is 2.62 bits per heavy atom. The SMILES string of the molecule is Fc1ccc(Nc2ncc3c(n2)CCN(Cc2ccc(Cl)cc2)C3)cc1. The molecule has 0 fully saturated rings. The third-order valence-electron chi connectivity index (χ3n) is 4.43. The summed E-state index contributed by atoms with van der Waals surface area (Å²) in [6.07, 6.45) is 2.76. The highest BCUT2D eigenvalue weighted by Crippen LogP contribution is 2.21. The van der Waals surface area contributed by atoms with Crippen molar-refractivity contribution in [1.82, 2.24) is 14.9 Å². The lowest BCUT2D eigenvalue weighted by atomic mass is 10.1. The normalized spacial score (nSPS) is 14.1. The summed E-state index contributed by atoms with van der Waals surface area (Å²) in [5, 5.41) is 3.88. The molecule has 0 saturated heterocycles. The zero-order valence-corrected chi connectivity index (χ0v) is 14.9. The highest BCUT2D eigenvalue weighted by Gasteiger charge is 2.18. The van der Waals surface area contributed by atoms with Gasteiger partial charge in [0, 0.05) is 48.5 Å². The number of fused-ring (bicyclic) bond motifs is 1. The Bertz CT molecular complexity index is 897. The fraction of sp³-hybridized carbons (Fsp3) is 0.200. The van der Waals surface area contributed by atoms with Crippen molar-refractivity contribution >= 4 is 23.2 Å². The standard InChI is InChI=1S/C20H18ClFN4/c21-16-3-1-14(2-4-16)12-26-10-9-19-15(13-26)11-23-20(25-19)24-18-7-5-17(22)6-8-18/h1-8,11H,9-10,12-13H2,(H,23,24,25). The minimum atomic E-state index is -0.261. The summed E-state index contributed by atoms with van der Waals surface area (Å²) in [7, 11) is 0. The smallest absolute Gasteiger partial charge is 0.227 e. The molecule has 0 amide bonds. The van der Waals surface area contributed by atoms with Crippen molar-refractivity contribution in [2.45, 2.75) is 19.5 Å². The van der Waals surface area contributed by atoms with Crippen molar-refractivity contribution in [3.05, 3.63) is 82.4 Å². The minimum absolute atomic E-state index is 0.261. The Morgan fingerprint density at radius 1 is 1.08 bits per heavy atom. The van der Waals surface area contributed by atoms with E-state index in [0.29, 0.717) is 5.95 Å². The zero-order valence-electron chi connectivity index (χ0n) is 14.1. The second kappa shape index (κ2) is 7.40. The van der Waals surface area contributed by atoms with Gasteiger partial charge in [-0.1, -0.05) is 23.7 Å². The summed E-state index contributed by atoms with van der Waals surface area (Å²) >= 11 is 5.95. The molecule has 4 nitrogen and oxygen atoms in total.